The number of nitrogens with zero attached hydrogens (tertiary/aromatic N) is 4. The lowest BCUT2D eigenvalue weighted by Crippen LogP contribution is -2.10. The summed E-state index contributed by atoms with van der Waals surface area (Å²) in [6, 6.07) is 0. The van der Waals surface area contributed by atoms with E-state index in [1.165, 1.54) is 6.33 Å². The Bertz CT molecular complexity index is 525. The molecule has 2 aromatic heterocycles. The molecule has 0 saturated carbocycles. The molecule has 1 unspecified atom stereocenters. The Hall–Kier alpha value is -1.69. The van der Waals surface area contributed by atoms with Crippen molar-refractivity contribution >= 4 is 17.0 Å². The molecule has 19 heavy (non-hydrogen) atoms. The van der Waals surface area contributed by atoms with Crippen LogP contribution in [0.1, 0.15) is 33.1 Å². The lowest BCUT2D eigenvalue weighted by atomic mass is 10.2. The van der Waals surface area contributed by atoms with Gasteiger partial charge in [-0.3, -0.25) is 0 Å². The number of rotatable bonds is 7. The standard InChI is InChI=1S/C13H21N5O/c1-3-5-10(2)19-7-4-6-18-9-17-11-12(14)15-8-16-13(11)18/h8-10H,3-7H2,1-2H3,(H2,14,15,16). The average Bonchev–Trinajstić information content (AvgIpc) is 2.80. The first-order chi connectivity index (χ1) is 9.22. The van der Waals surface area contributed by atoms with E-state index < -0.39 is 0 Å². The highest BCUT2D eigenvalue weighted by molar-refractivity contribution is 5.80. The molecule has 0 aliphatic carbocycles. The summed E-state index contributed by atoms with van der Waals surface area (Å²) >= 11 is 0. The van der Waals surface area contributed by atoms with Crippen molar-refractivity contribution in [1.82, 2.24) is 19.5 Å². The van der Waals surface area contributed by atoms with Crippen molar-refractivity contribution in [2.24, 2.45) is 0 Å². The second-order valence-corrected chi connectivity index (χ2v) is 4.69. The summed E-state index contributed by atoms with van der Waals surface area (Å²) in [5, 5.41) is 0. The summed E-state index contributed by atoms with van der Waals surface area (Å²) in [4.78, 5) is 12.4. The van der Waals surface area contributed by atoms with Crippen LogP contribution in [0.4, 0.5) is 5.82 Å². The van der Waals surface area contributed by atoms with Gasteiger partial charge in [0, 0.05) is 13.2 Å². The van der Waals surface area contributed by atoms with Gasteiger partial charge in [0.05, 0.1) is 12.4 Å². The van der Waals surface area contributed by atoms with Gasteiger partial charge < -0.3 is 15.0 Å². The zero-order chi connectivity index (χ0) is 13.7. The molecule has 0 aliphatic rings. The Kier molecular flexibility index (Phi) is 4.68. The van der Waals surface area contributed by atoms with Crippen LogP contribution in [0, 0.1) is 0 Å². The second-order valence-electron chi connectivity index (χ2n) is 4.69. The summed E-state index contributed by atoms with van der Waals surface area (Å²) < 4.78 is 7.71. The van der Waals surface area contributed by atoms with Crippen LogP contribution in [-0.4, -0.2) is 32.2 Å². The van der Waals surface area contributed by atoms with Crippen LogP contribution >= 0.6 is 0 Å². The van der Waals surface area contributed by atoms with Gasteiger partial charge in [-0.15, -0.1) is 0 Å². The summed E-state index contributed by atoms with van der Waals surface area (Å²) in [6.45, 7) is 5.86. The molecular weight excluding hydrogens is 242 g/mol. The largest absolute Gasteiger partial charge is 0.382 e. The highest BCUT2D eigenvalue weighted by atomic mass is 16.5. The average molecular weight is 263 g/mol. The van der Waals surface area contributed by atoms with Crippen molar-refractivity contribution in [2.75, 3.05) is 12.3 Å². The van der Waals surface area contributed by atoms with Crippen LogP contribution < -0.4 is 5.73 Å². The Balaban J connectivity index is 1.87. The monoisotopic (exact) mass is 263 g/mol. The molecule has 2 heterocycles. The topological polar surface area (TPSA) is 78.9 Å². The highest BCUT2D eigenvalue weighted by Gasteiger charge is 2.07. The quantitative estimate of drug-likeness (QED) is 0.773. The van der Waals surface area contributed by atoms with Crippen molar-refractivity contribution in [3.05, 3.63) is 12.7 Å². The van der Waals surface area contributed by atoms with E-state index in [9.17, 15) is 0 Å². The number of aromatic nitrogens is 4. The van der Waals surface area contributed by atoms with E-state index >= 15 is 0 Å². The molecular formula is C13H21N5O. The molecule has 6 nitrogen and oxygen atoms in total. The fourth-order valence-corrected chi connectivity index (χ4v) is 2.07. The van der Waals surface area contributed by atoms with E-state index in [2.05, 4.69) is 28.8 Å². The third-order valence-corrected chi connectivity index (χ3v) is 3.07. The van der Waals surface area contributed by atoms with E-state index in [0.717, 1.165) is 38.1 Å². The molecule has 0 aromatic carbocycles. The molecule has 1 atom stereocenters. The smallest absolute Gasteiger partial charge is 0.165 e. The first-order valence-corrected chi connectivity index (χ1v) is 6.75. The van der Waals surface area contributed by atoms with Gasteiger partial charge in [0.15, 0.2) is 11.5 Å². The Morgan fingerprint density at radius 3 is 3.00 bits per heavy atom. The van der Waals surface area contributed by atoms with Crippen LogP contribution in [0.15, 0.2) is 12.7 Å². The minimum Gasteiger partial charge on any atom is -0.382 e. The van der Waals surface area contributed by atoms with Gasteiger partial charge in [0.1, 0.15) is 11.8 Å². The number of ether oxygens (including phenoxy) is 1. The Morgan fingerprint density at radius 1 is 1.37 bits per heavy atom. The van der Waals surface area contributed by atoms with Crippen molar-refractivity contribution in [3.63, 3.8) is 0 Å². The summed E-state index contributed by atoms with van der Waals surface area (Å²) in [6.07, 6.45) is 6.76. The van der Waals surface area contributed by atoms with E-state index in [1.807, 2.05) is 4.57 Å². The lowest BCUT2D eigenvalue weighted by Gasteiger charge is -2.11. The van der Waals surface area contributed by atoms with Gasteiger partial charge >= 0.3 is 0 Å². The van der Waals surface area contributed by atoms with E-state index in [-0.39, 0.29) is 0 Å². The third-order valence-electron chi connectivity index (χ3n) is 3.07. The Labute approximate surface area is 113 Å². The minimum absolute atomic E-state index is 0.336. The van der Waals surface area contributed by atoms with Gasteiger partial charge in [0.2, 0.25) is 0 Å². The lowest BCUT2D eigenvalue weighted by molar-refractivity contribution is 0.0564. The van der Waals surface area contributed by atoms with Crippen molar-refractivity contribution in [1.29, 1.82) is 0 Å². The van der Waals surface area contributed by atoms with Gasteiger partial charge in [-0.25, -0.2) is 15.0 Å². The molecule has 0 bridgehead atoms. The number of imidazole rings is 1. The maximum atomic E-state index is 5.75. The number of hydrogen-bond donors (Lipinski definition) is 1. The molecule has 2 rings (SSSR count). The first kappa shape index (κ1) is 13.7. The third kappa shape index (κ3) is 3.41. The minimum atomic E-state index is 0.336. The molecule has 0 aliphatic heterocycles. The molecule has 0 amide bonds. The zero-order valence-electron chi connectivity index (χ0n) is 11.5. The van der Waals surface area contributed by atoms with E-state index in [4.69, 9.17) is 10.5 Å². The fourth-order valence-electron chi connectivity index (χ4n) is 2.07. The molecule has 104 valence electrons. The zero-order valence-corrected chi connectivity index (χ0v) is 11.5. The summed E-state index contributed by atoms with van der Waals surface area (Å²) in [7, 11) is 0. The van der Waals surface area contributed by atoms with Crippen LogP contribution in [0.25, 0.3) is 11.2 Å². The number of anilines is 1. The Morgan fingerprint density at radius 2 is 2.21 bits per heavy atom. The molecule has 6 heteroatoms. The number of nitrogens with two attached hydrogens (primary N) is 1. The van der Waals surface area contributed by atoms with Crippen LogP contribution in [-0.2, 0) is 11.3 Å². The molecule has 0 fully saturated rings. The van der Waals surface area contributed by atoms with Gasteiger partial charge in [-0.1, -0.05) is 13.3 Å². The van der Waals surface area contributed by atoms with Crippen molar-refractivity contribution in [2.45, 2.75) is 45.8 Å². The normalized spacial score (nSPS) is 12.9. The molecule has 0 spiro atoms. The maximum absolute atomic E-state index is 5.75. The number of fused-ring (bicyclic) bond motifs is 1. The predicted molar refractivity (Wildman–Crippen MR) is 74.7 cm³/mol. The van der Waals surface area contributed by atoms with Crippen LogP contribution in [0.5, 0.6) is 0 Å². The maximum Gasteiger partial charge on any atom is 0.165 e. The molecule has 2 aromatic rings. The number of nitrogen functional groups attached to an aromatic ring is 1. The fraction of sp³-hybridized carbons (Fsp3) is 0.615. The SMILES string of the molecule is CCCC(C)OCCCn1cnc2c(N)ncnc21. The summed E-state index contributed by atoms with van der Waals surface area (Å²) in [5.41, 5.74) is 7.20. The molecule has 2 N–H and O–H groups in total. The van der Waals surface area contributed by atoms with Crippen molar-refractivity contribution in [3.8, 4) is 0 Å². The first-order valence-electron chi connectivity index (χ1n) is 6.75. The molecule has 0 radical (unpaired) electrons. The van der Waals surface area contributed by atoms with E-state index in [0.29, 0.717) is 17.4 Å². The van der Waals surface area contributed by atoms with Crippen LogP contribution in [0.3, 0.4) is 0 Å². The van der Waals surface area contributed by atoms with Gasteiger partial charge in [0.25, 0.3) is 0 Å². The number of hydrogen-bond acceptors (Lipinski definition) is 5. The van der Waals surface area contributed by atoms with Gasteiger partial charge in [-0.05, 0) is 19.8 Å². The van der Waals surface area contributed by atoms with Crippen molar-refractivity contribution < 1.29 is 4.74 Å². The van der Waals surface area contributed by atoms with E-state index in [1.54, 1.807) is 6.33 Å². The number of aryl methyl sites for hydroxylation is 1. The van der Waals surface area contributed by atoms with Gasteiger partial charge in [-0.2, -0.15) is 0 Å². The second kappa shape index (κ2) is 6.47. The van der Waals surface area contributed by atoms with Crippen LogP contribution in [0.2, 0.25) is 0 Å². The predicted octanol–water partition coefficient (Wildman–Crippen LogP) is 2.00. The highest BCUT2D eigenvalue weighted by Crippen LogP contribution is 2.14. The molecule has 0 saturated heterocycles. The summed E-state index contributed by atoms with van der Waals surface area (Å²) in [5.74, 6) is 0.427.